The van der Waals surface area contributed by atoms with E-state index in [9.17, 15) is 9.90 Å². The lowest BCUT2D eigenvalue weighted by molar-refractivity contribution is -0.116. The number of hydrogen-bond donors (Lipinski definition) is 3. The fourth-order valence-corrected chi connectivity index (χ4v) is 4.51. The second-order valence-electron chi connectivity index (χ2n) is 8.05. The van der Waals surface area contributed by atoms with Crippen molar-refractivity contribution in [2.24, 2.45) is 0 Å². The van der Waals surface area contributed by atoms with Crippen molar-refractivity contribution in [1.29, 1.82) is 0 Å². The number of benzene rings is 2. The molecule has 2 aromatic carbocycles. The maximum Gasteiger partial charge on any atom is 0.243 e. The lowest BCUT2D eigenvalue weighted by Crippen LogP contribution is -2.27. The minimum atomic E-state index is -0.0631. The number of phenolic OH excluding ortho intramolecular Hbond substituents is 1. The molecule has 0 aliphatic carbocycles. The number of aryl methyl sites for hydroxylation is 2. The predicted octanol–water partition coefficient (Wildman–Crippen LogP) is 3.58. The third-order valence-electron chi connectivity index (χ3n) is 4.90. The van der Waals surface area contributed by atoms with Gasteiger partial charge in [-0.25, -0.2) is 9.97 Å². The van der Waals surface area contributed by atoms with Gasteiger partial charge in [0.15, 0.2) is 0 Å². The lowest BCUT2D eigenvalue weighted by Gasteiger charge is -2.14. The molecule has 170 valence electrons. The number of fused-ring (bicyclic) bond motifs is 1. The molecule has 4 rings (SSSR count). The highest BCUT2D eigenvalue weighted by Gasteiger charge is 2.13. The van der Waals surface area contributed by atoms with E-state index in [1.807, 2.05) is 51.0 Å². The molecule has 0 aliphatic rings. The summed E-state index contributed by atoms with van der Waals surface area (Å²) in [6.07, 6.45) is 1.63. The van der Waals surface area contributed by atoms with Gasteiger partial charge in [-0.05, 0) is 63.3 Å². The summed E-state index contributed by atoms with van der Waals surface area (Å²) in [6, 6.07) is 9.01. The molecule has 0 fully saturated rings. The Balaban J connectivity index is 1.51. The van der Waals surface area contributed by atoms with Gasteiger partial charge in [0.25, 0.3) is 0 Å². The van der Waals surface area contributed by atoms with Gasteiger partial charge in [0.2, 0.25) is 11.9 Å². The molecule has 10 heteroatoms. The first-order valence-electron chi connectivity index (χ1n) is 10.4. The Morgan fingerprint density at radius 2 is 1.88 bits per heavy atom. The molecular formula is C23H25N7O2S. The molecule has 0 unspecified atom stereocenters. The molecule has 0 saturated heterocycles. The van der Waals surface area contributed by atoms with Crippen LogP contribution in [0.15, 0.2) is 36.5 Å². The van der Waals surface area contributed by atoms with Gasteiger partial charge < -0.3 is 20.6 Å². The highest BCUT2D eigenvalue weighted by atomic mass is 32.1. The van der Waals surface area contributed by atoms with Crippen LogP contribution >= 0.6 is 11.3 Å². The first-order chi connectivity index (χ1) is 15.8. The largest absolute Gasteiger partial charge is 0.508 e. The highest BCUT2D eigenvalue weighted by molar-refractivity contribution is 7.18. The van der Waals surface area contributed by atoms with Gasteiger partial charge in [-0.2, -0.15) is 5.10 Å². The van der Waals surface area contributed by atoms with Crippen molar-refractivity contribution in [1.82, 2.24) is 25.1 Å². The topological polar surface area (TPSA) is 116 Å². The number of nitrogens with one attached hydrogen (secondary N) is 2. The number of thiazole rings is 1. The molecule has 0 saturated carbocycles. The molecule has 33 heavy (non-hydrogen) atoms. The number of phenols is 1. The van der Waals surface area contributed by atoms with Crippen molar-refractivity contribution in [3.8, 4) is 17.0 Å². The van der Waals surface area contributed by atoms with Crippen molar-refractivity contribution in [2.75, 3.05) is 31.3 Å². The minimum absolute atomic E-state index is 0.0631. The van der Waals surface area contributed by atoms with Crippen LogP contribution in [0.25, 0.3) is 21.5 Å². The van der Waals surface area contributed by atoms with E-state index in [1.165, 1.54) is 0 Å². The summed E-state index contributed by atoms with van der Waals surface area (Å²) in [5, 5.41) is 24.8. The van der Waals surface area contributed by atoms with Crippen LogP contribution < -0.4 is 10.6 Å². The van der Waals surface area contributed by atoms with E-state index in [-0.39, 0.29) is 11.7 Å². The Kier molecular flexibility index (Phi) is 6.47. The fourth-order valence-electron chi connectivity index (χ4n) is 3.62. The van der Waals surface area contributed by atoms with Crippen LogP contribution in [-0.4, -0.2) is 56.7 Å². The molecule has 2 heterocycles. The first kappa shape index (κ1) is 22.6. The van der Waals surface area contributed by atoms with Crippen molar-refractivity contribution < 1.29 is 9.90 Å². The fraction of sp³-hybridized carbons (Fsp3) is 0.261. The van der Waals surface area contributed by atoms with Crippen LogP contribution in [-0.2, 0) is 11.3 Å². The van der Waals surface area contributed by atoms with Gasteiger partial charge >= 0.3 is 0 Å². The summed E-state index contributed by atoms with van der Waals surface area (Å²) in [5.41, 5.74) is 5.12. The Labute approximate surface area is 195 Å². The third-order valence-corrected chi connectivity index (χ3v) is 5.94. The highest BCUT2D eigenvalue weighted by Crippen LogP contribution is 2.29. The number of aromatic hydroxyl groups is 1. The van der Waals surface area contributed by atoms with Gasteiger partial charge in [-0.15, -0.1) is 16.4 Å². The number of hydrogen-bond acceptors (Lipinski definition) is 9. The van der Waals surface area contributed by atoms with Crippen molar-refractivity contribution >= 4 is 39.1 Å². The zero-order valence-electron chi connectivity index (χ0n) is 18.9. The average Bonchev–Trinajstić information content (AvgIpc) is 3.13. The summed E-state index contributed by atoms with van der Waals surface area (Å²) >= 11 is 1.54. The molecule has 0 bridgehead atoms. The zero-order chi connectivity index (χ0) is 23.5. The van der Waals surface area contributed by atoms with Crippen LogP contribution in [0, 0.1) is 13.8 Å². The monoisotopic (exact) mass is 463 g/mol. The number of carbonyl (C=O) groups is 1. The number of anilines is 2. The number of amides is 1. The zero-order valence-corrected chi connectivity index (χ0v) is 19.7. The Bertz CT molecular complexity index is 1300. The van der Waals surface area contributed by atoms with Crippen LogP contribution in [0.5, 0.6) is 5.75 Å². The maximum absolute atomic E-state index is 12.1. The normalized spacial score (nSPS) is 11.2. The summed E-state index contributed by atoms with van der Waals surface area (Å²) in [6.45, 7) is 4.73. The molecule has 1 amide bonds. The maximum atomic E-state index is 12.1. The summed E-state index contributed by atoms with van der Waals surface area (Å²) in [5.74, 6) is 0.533. The molecule has 3 N–H and O–H groups in total. The van der Waals surface area contributed by atoms with Crippen LogP contribution in [0.2, 0.25) is 0 Å². The van der Waals surface area contributed by atoms with Gasteiger partial charge in [-0.3, -0.25) is 4.79 Å². The Morgan fingerprint density at radius 3 is 2.61 bits per heavy atom. The first-order valence-corrected chi connectivity index (χ1v) is 11.2. The number of aromatic nitrogens is 4. The molecule has 0 aliphatic heterocycles. The van der Waals surface area contributed by atoms with E-state index >= 15 is 0 Å². The molecule has 9 nitrogen and oxygen atoms in total. The predicted molar refractivity (Wildman–Crippen MR) is 131 cm³/mol. The second kappa shape index (κ2) is 9.47. The average molecular weight is 464 g/mol. The molecule has 0 atom stereocenters. The summed E-state index contributed by atoms with van der Waals surface area (Å²) in [7, 11) is 3.71. The van der Waals surface area contributed by atoms with Crippen molar-refractivity contribution in [3.63, 3.8) is 0 Å². The van der Waals surface area contributed by atoms with Gasteiger partial charge in [0.1, 0.15) is 10.8 Å². The second-order valence-corrected chi connectivity index (χ2v) is 9.16. The minimum Gasteiger partial charge on any atom is -0.508 e. The van der Waals surface area contributed by atoms with Gasteiger partial charge in [0, 0.05) is 17.3 Å². The number of rotatable bonds is 7. The van der Waals surface area contributed by atoms with Crippen LogP contribution in [0.3, 0.4) is 0 Å². The van der Waals surface area contributed by atoms with E-state index in [1.54, 1.807) is 29.7 Å². The molecule has 2 aromatic heterocycles. The SMILES string of the molecule is Cc1cc(NC(=O)CN(C)C)cc(C)c1-c1cnnc(NCc2nc3cc(O)ccc3s2)n1. The standard InChI is InChI=1S/C23H25N7O2S/c1-13-7-15(26-20(32)12-30(3)4)8-14(2)22(13)18-10-25-29-23(28-18)24-11-21-27-17-9-16(31)5-6-19(17)33-21/h5-10,31H,11-12H2,1-4H3,(H,26,32)(H,24,28,29). The number of carbonyl (C=O) groups excluding carboxylic acids is 1. The summed E-state index contributed by atoms with van der Waals surface area (Å²) < 4.78 is 1.00. The Morgan fingerprint density at radius 1 is 1.12 bits per heavy atom. The lowest BCUT2D eigenvalue weighted by atomic mass is 9.99. The van der Waals surface area contributed by atoms with Gasteiger partial charge in [0.05, 0.1) is 35.2 Å². The van der Waals surface area contributed by atoms with Crippen molar-refractivity contribution in [2.45, 2.75) is 20.4 Å². The van der Waals surface area contributed by atoms with E-state index in [0.29, 0.717) is 24.7 Å². The number of likely N-dealkylation sites (N-methyl/N-ethyl adjacent to an activating group) is 1. The van der Waals surface area contributed by atoms with Gasteiger partial charge in [-0.1, -0.05) is 0 Å². The smallest absolute Gasteiger partial charge is 0.243 e. The van der Waals surface area contributed by atoms with E-state index in [4.69, 9.17) is 0 Å². The molecule has 0 spiro atoms. The Hall–Kier alpha value is -3.63. The van der Waals surface area contributed by atoms with E-state index in [0.717, 1.165) is 37.6 Å². The van der Waals surface area contributed by atoms with Crippen molar-refractivity contribution in [3.05, 3.63) is 52.7 Å². The molecule has 0 radical (unpaired) electrons. The van der Waals surface area contributed by atoms with Crippen LogP contribution in [0.1, 0.15) is 16.1 Å². The summed E-state index contributed by atoms with van der Waals surface area (Å²) in [4.78, 5) is 23.1. The molecular weight excluding hydrogens is 438 g/mol. The third kappa shape index (κ3) is 5.41. The quantitative estimate of drug-likeness (QED) is 0.381. The number of nitrogens with zero attached hydrogens (tertiary/aromatic N) is 5. The van der Waals surface area contributed by atoms with E-state index in [2.05, 4.69) is 30.8 Å². The van der Waals surface area contributed by atoms with Crippen LogP contribution in [0.4, 0.5) is 11.6 Å². The molecule has 4 aromatic rings. The van der Waals surface area contributed by atoms with E-state index < -0.39 is 0 Å².